The fourth-order valence-corrected chi connectivity index (χ4v) is 6.84. The summed E-state index contributed by atoms with van der Waals surface area (Å²) in [6.07, 6.45) is 13.0. The Morgan fingerprint density at radius 1 is 0.588 bits per heavy atom. The van der Waals surface area contributed by atoms with Gasteiger partial charge in [-0.2, -0.15) is 0 Å². The highest BCUT2D eigenvalue weighted by molar-refractivity contribution is 7.47. The molecule has 0 aliphatic heterocycles. The molecule has 0 heterocycles. The second-order valence-electron chi connectivity index (χ2n) is 13.8. The lowest BCUT2D eigenvalue weighted by molar-refractivity contribution is -0.220. The van der Waals surface area contributed by atoms with Gasteiger partial charge in [0.1, 0.15) is 43.2 Å². The van der Waals surface area contributed by atoms with Gasteiger partial charge >= 0.3 is 19.8 Å². The van der Waals surface area contributed by atoms with Crippen molar-refractivity contribution in [1.29, 1.82) is 0 Å². The van der Waals surface area contributed by atoms with Crippen LogP contribution in [-0.4, -0.2) is 98.3 Å². The normalized spacial score (nSPS) is 24.0. The number of carbonyl (C=O) groups excluding carboxylic acids is 2. The standard InChI is InChI=1S/C37H69O13P/c1-3-5-7-9-11-13-15-16-18-20-22-24-26-31(39)49-29(27-47-30(38)25-23-21-19-17-14-12-10-8-6-4-2)28-48-51(45,46)50-37-35(43)33(41)32(40)34(42)36(37)44/h11,13,29,32-37,40-44H,3-10,12,14-28H2,1-2H3,(H,45,46)/b13-11+/t29-,32?,33-,34?,35?,36?,37?/m1/s1. The Morgan fingerprint density at radius 3 is 1.53 bits per heavy atom. The van der Waals surface area contributed by atoms with Crippen LogP contribution in [0, 0.1) is 0 Å². The summed E-state index contributed by atoms with van der Waals surface area (Å²) < 4.78 is 33.3. The number of phosphoric acid groups is 1. The molecule has 13 nitrogen and oxygen atoms in total. The molecule has 1 saturated carbocycles. The van der Waals surface area contributed by atoms with Crippen LogP contribution in [0.3, 0.4) is 0 Å². The third-order valence-electron chi connectivity index (χ3n) is 9.11. The summed E-state index contributed by atoms with van der Waals surface area (Å²) in [7, 11) is -5.10. The van der Waals surface area contributed by atoms with Crippen molar-refractivity contribution in [2.45, 2.75) is 198 Å². The fourth-order valence-electron chi connectivity index (χ4n) is 5.87. The topological polar surface area (TPSA) is 210 Å². The first-order valence-electron chi connectivity index (χ1n) is 19.5. The van der Waals surface area contributed by atoms with Crippen molar-refractivity contribution in [2.24, 2.45) is 0 Å². The molecule has 0 aromatic rings. The number of aliphatic hydroxyl groups excluding tert-OH is 5. The van der Waals surface area contributed by atoms with Gasteiger partial charge in [-0.3, -0.25) is 18.6 Å². The molecule has 6 N–H and O–H groups in total. The van der Waals surface area contributed by atoms with E-state index in [4.69, 9.17) is 18.5 Å². The molecule has 1 aliphatic rings. The Hall–Kier alpha value is -1.41. The first kappa shape index (κ1) is 47.6. The maximum Gasteiger partial charge on any atom is 0.472 e. The van der Waals surface area contributed by atoms with E-state index in [9.17, 15) is 44.6 Å². The molecule has 300 valence electrons. The lowest BCUT2D eigenvalue weighted by Gasteiger charge is -2.41. The molecule has 6 unspecified atom stereocenters. The number of ether oxygens (including phenoxy) is 2. The molecule has 1 fully saturated rings. The summed E-state index contributed by atoms with van der Waals surface area (Å²) in [5, 5.41) is 49.9. The van der Waals surface area contributed by atoms with Crippen molar-refractivity contribution in [3.8, 4) is 0 Å². The largest absolute Gasteiger partial charge is 0.472 e. The molecule has 8 atom stereocenters. The Morgan fingerprint density at radius 2 is 1.00 bits per heavy atom. The van der Waals surface area contributed by atoms with Crippen molar-refractivity contribution >= 4 is 19.8 Å². The summed E-state index contributed by atoms with van der Waals surface area (Å²) in [6, 6.07) is 0. The van der Waals surface area contributed by atoms with E-state index in [1.165, 1.54) is 57.8 Å². The number of phosphoric ester groups is 1. The summed E-state index contributed by atoms with van der Waals surface area (Å²) in [5.41, 5.74) is 0. The third-order valence-corrected chi connectivity index (χ3v) is 10.1. The highest BCUT2D eigenvalue weighted by Crippen LogP contribution is 2.47. The predicted octanol–water partition coefficient (Wildman–Crippen LogP) is 5.94. The number of unbranched alkanes of at least 4 members (excludes halogenated alkanes) is 17. The minimum absolute atomic E-state index is 0.0895. The van der Waals surface area contributed by atoms with Crippen molar-refractivity contribution in [2.75, 3.05) is 13.2 Å². The van der Waals surface area contributed by atoms with Crippen LogP contribution in [0.4, 0.5) is 0 Å². The molecular formula is C37H69O13P. The molecule has 0 amide bonds. The average molecular weight is 753 g/mol. The van der Waals surface area contributed by atoms with Gasteiger partial charge in [-0.1, -0.05) is 116 Å². The summed E-state index contributed by atoms with van der Waals surface area (Å²) >= 11 is 0. The molecular weight excluding hydrogens is 683 g/mol. The minimum atomic E-state index is -5.10. The Labute approximate surface area is 305 Å². The van der Waals surface area contributed by atoms with Gasteiger partial charge in [0, 0.05) is 12.8 Å². The number of carbonyl (C=O) groups is 2. The molecule has 1 rings (SSSR count). The van der Waals surface area contributed by atoms with Crippen LogP contribution in [0.1, 0.15) is 155 Å². The first-order valence-corrected chi connectivity index (χ1v) is 21.0. The van der Waals surface area contributed by atoms with E-state index in [1.54, 1.807) is 0 Å². The zero-order valence-electron chi connectivity index (χ0n) is 31.2. The van der Waals surface area contributed by atoms with Gasteiger partial charge in [0.25, 0.3) is 0 Å². The van der Waals surface area contributed by atoms with Crippen LogP contribution in [0.5, 0.6) is 0 Å². The van der Waals surface area contributed by atoms with Crippen LogP contribution in [0.15, 0.2) is 12.2 Å². The molecule has 51 heavy (non-hydrogen) atoms. The summed E-state index contributed by atoms with van der Waals surface area (Å²) in [4.78, 5) is 35.4. The van der Waals surface area contributed by atoms with Gasteiger partial charge in [0.15, 0.2) is 6.10 Å². The second kappa shape index (κ2) is 29.0. The van der Waals surface area contributed by atoms with Crippen LogP contribution in [-0.2, 0) is 32.7 Å². The van der Waals surface area contributed by atoms with E-state index in [0.29, 0.717) is 12.8 Å². The van der Waals surface area contributed by atoms with Crippen LogP contribution < -0.4 is 0 Å². The number of aliphatic hydroxyl groups is 5. The van der Waals surface area contributed by atoms with E-state index in [1.807, 2.05) is 0 Å². The number of rotatable bonds is 31. The first-order chi connectivity index (χ1) is 24.4. The molecule has 0 bridgehead atoms. The summed E-state index contributed by atoms with van der Waals surface area (Å²) in [6.45, 7) is 3.21. The quantitative estimate of drug-likeness (QED) is 0.0210. The van der Waals surface area contributed by atoms with E-state index < -0.39 is 75.7 Å². The van der Waals surface area contributed by atoms with E-state index in [-0.39, 0.29) is 12.8 Å². The van der Waals surface area contributed by atoms with Crippen molar-refractivity contribution in [3.63, 3.8) is 0 Å². The van der Waals surface area contributed by atoms with Crippen molar-refractivity contribution in [3.05, 3.63) is 12.2 Å². The molecule has 14 heteroatoms. The van der Waals surface area contributed by atoms with Crippen molar-refractivity contribution in [1.82, 2.24) is 0 Å². The van der Waals surface area contributed by atoms with Gasteiger partial charge in [0.2, 0.25) is 0 Å². The third kappa shape index (κ3) is 22.4. The van der Waals surface area contributed by atoms with Gasteiger partial charge in [0.05, 0.1) is 6.61 Å². The molecule has 0 aromatic carbocycles. The smallest absolute Gasteiger partial charge is 0.462 e. The average Bonchev–Trinajstić information content (AvgIpc) is 3.10. The van der Waals surface area contributed by atoms with Crippen LogP contribution in [0.25, 0.3) is 0 Å². The predicted molar refractivity (Wildman–Crippen MR) is 194 cm³/mol. The maximum atomic E-state index is 12.7. The van der Waals surface area contributed by atoms with Crippen LogP contribution >= 0.6 is 7.82 Å². The monoisotopic (exact) mass is 752 g/mol. The lowest BCUT2D eigenvalue weighted by Crippen LogP contribution is -2.64. The SMILES string of the molecule is CCCCC/C=C/CCCCCCCC(=O)O[C@H](COC(=O)CCCCCCCCCCCC)COP(=O)(O)OC1C(O)C(O)C(O)[C@@H](O)C1O. The zero-order chi connectivity index (χ0) is 37.9. The summed E-state index contributed by atoms with van der Waals surface area (Å²) in [5.74, 6) is -1.11. The Balaban J connectivity index is 2.56. The van der Waals surface area contributed by atoms with Crippen LogP contribution in [0.2, 0.25) is 0 Å². The van der Waals surface area contributed by atoms with E-state index in [2.05, 4.69) is 26.0 Å². The number of hydrogen-bond acceptors (Lipinski definition) is 12. The Kier molecular flexibility index (Phi) is 27.1. The molecule has 0 radical (unpaired) electrons. The number of hydrogen-bond donors (Lipinski definition) is 6. The Bertz CT molecular complexity index is 964. The second-order valence-corrected chi connectivity index (χ2v) is 15.2. The minimum Gasteiger partial charge on any atom is -0.462 e. The van der Waals surface area contributed by atoms with Gasteiger partial charge in [-0.15, -0.1) is 0 Å². The number of allylic oxidation sites excluding steroid dienone is 2. The number of esters is 2. The maximum absolute atomic E-state index is 12.7. The molecule has 0 saturated heterocycles. The van der Waals surface area contributed by atoms with Gasteiger partial charge < -0.3 is 39.9 Å². The van der Waals surface area contributed by atoms with Gasteiger partial charge in [-0.05, 0) is 38.5 Å². The lowest BCUT2D eigenvalue weighted by atomic mass is 9.85. The molecule has 1 aliphatic carbocycles. The van der Waals surface area contributed by atoms with E-state index in [0.717, 1.165) is 57.8 Å². The fraction of sp³-hybridized carbons (Fsp3) is 0.892. The molecule has 0 spiro atoms. The van der Waals surface area contributed by atoms with E-state index >= 15 is 0 Å². The highest BCUT2D eigenvalue weighted by Gasteiger charge is 2.51. The zero-order valence-corrected chi connectivity index (χ0v) is 32.0. The van der Waals surface area contributed by atoms with Crippen molar-refractivity contribution < 1.29 is 63.1 Å². The highest BCUT2D eigenvalue weighted by atomic mass is 31.2. The van der Waals surface area contributed by atoms with Gasteiger partial charge in [-0.25, -0.2) is 4.57 Å². The molecule has 0 aromatic heterocycles.